The minimum atomic E-state index is -0.000624. The minimum absolute atomic E-state index is 0.000624. The molecule has 18 heavy (non-hydrogen) atoms. The Labute approximate surface area is 107 Å². The van der Waals surface area contributed by atoms with Crippen LogP contribution in [-0.2, 0) is 9.59 Å². The fourth-order valence-electron chi connectivity index (χ4n) is 3.34. The SMILES string of the molecule is O=C1CCC(C(=O)N2CCC3CCC(C2)N3)CN1. The first kappa shape index (κ1) is 12.0. The molecule has 2 amide bonds. The van der Waals surface area contributed by atoms with E-state index < -0.39 is 0 Å². The number of piperidine rings is 1. The highest BCUT2D eigenvalue weighted by Crippen LogP contribution is 2.22. The Morgan fingerprint density at radius 2 is 2.00 bits per heavy atom. The van der Waals surface area contributed by atoms with E-state index in [0.29, 0.717) is 31.5 Å². The lowest BCUT2D eigenvalue weighted by Crippen LogP contribution is -2.47. The van der Waals surface area contributed by atoms with E-state index in [-0.39, 0.29) is 17.7 Å². The summed E-state index contributed by atoms with van der Waals surface area (Å²) >= 11 is 0. The Morgan fingerprint density at radius 1 is 1.17 bits per heavy atom. The molecule has 3 aliphatic heterocycles. The Hall–Kier alpha value is -1.10. The number of nitrogens with zero attached hydrogens (tertiary/aromatic N) is 1. The van der Waals surface area contributed by atoms with Crippen LogP contribution in [0.2, 0.25) is 0 Å². The van der Waals surface area contributed by atoms with E-state index in [2.05, 4.69) is 10.6 Å². The second-order valence-electron chi connectivity index (χ2n) is 5.75. The number of fused-ring (bicyclic) bond motifs is 2. The molecule has 0 aromatic heterocycles. The molecule has 3 heterocycles. The van der Waals surface area contributed by atoms with Crippen molar-refractivity contribution in [3.8, 4) is 0 Å². The van der Waals surface area contributed by atoms with Gasteiger partial charge in [-0.2, -0.15) is 0 Å². The average molecular weight is 251 g/mol. The average Bonchev–Trinajstić information content (AvgIpc) is 2.69. The van der Waals surface area contributed by atoms with Gasteiger partial charge < -0.3 is 15.5 Å². The Morgan fingerprint density at radius 3 is 2.78 bits per heavy atom. The molecule has 0 aliphatic carbocycles. The molecule has 3 fully saturated rings. The first-order valence-electron chi connectivity index (χ1n) is 7.04. The van der Waals surface area contributed by atoms with Crippen LogP contribution in [0.3, 0.4) is 0 Å². The van der Waals surface area contributed by atoms with Gasteiger partial charge in [-0.3, -0.25) is 9.59 Å². The second kappa shape index (κ2) is 4.88. The van der Waals surface area contributed by atoms with Gasteiger partial charge in [0, 0.05) is 38.1 Å². The number of amides is 2. The molecule has 2 N–H and O–H groups in total. The van der Waals surface area contributed by atoms with E-state index in [0.717, 1.165) is 19.5 Å². The van der Waals surface area contributed by atoms with Gasteiger partial charge >= 0.3 is 0 Å². The van der Waals surface area contributed by atoms with Crippen LogP contribution in [0.1, 0.15) is 32.1 Å². The number of hydrogen-bond acceptors (Lipinski definition) is 3. The lowest BCUT2D eigenvalue weighted by Gasteiger charge is -2.30. The van der Waals surface area contributed by atoms with Gasteiger partial charge in [-0.15, -0.1) is 0 Å². The maximum Gasteiger partial charge on any atom is 0.227 e. The van der Waals surface area contributed by atoms with Crippen LogP contribution in [0.15, 0.2) is 0 Å². The summed E-state index contributed by atoms with van der Waals surface area (Å²) in [6, 6.07) is 1.10. The van der Waals surface area contributed by atoms with Gasteiger partial charge in [-0.1, -0.05) is 0 Å². The van der Waals surface area contributed by atoms with Crippen molar-refractivity contribution < 1.29 is 9.59 Å². The molecule has 0 radical (unpaired) electrons. The van der Waals surface area contributed by atoms with Gasteiger partial charge in [0.05, 0.1) is 5.92 Å². The smallest absolute Gasteiger partial charge is 0.227 e. The zero-order valence-corrected chi connectivity index (χ0v) is 10.7. The van der Waals surface area contributed by atoms with Crippen LogP contribution in [0.4, 0.5) is 0 Å². The molecule has 3 unspecified atom stereocenters. The van der Waals surface area contributed by atoms with Gasteiger partial charge in [-0.05, 0) is 25.7 Å². The first-order chi connectivity index (χ1) is 8.72. The third kappa shape index (κ3) is 2.36. The zero-order chi connectivity index (χ0) is 12.5. The van der Waals surface area contributed by atoms with E-state index in [1.54, 1.807) is 0 Å². The molecule has 5 nitrogen and oxygen atoms in total. The number of carbonyl (C=O) groups is 2. The van der Waals surface area contributed by atoms with Crippen molar-refractivity contribution in [3.05, 3.63) is 0 Å². The van der Waals surface area contributed by atoms with Gasteiger partial charge in [0.25, 0.3) is 0 Å². The summed E-state index contributed by atoms with van der Waals surface area (Å²) in [5.74, 6) is 0.319. The molecule has 3 aliphatic rings. The number of hydrogen-bond donors (Lipinski definition) is 2. The number of nitrogens with one attached hydrogen (secondary N) is 2. The quantitative estimate of drug-likeness (QED) is 0.682. The van der Waals surface area contributed by atoms with Crippen LogP contribution in [0.5, 0.6) is 0 Å². The predicted octanol–water partition coefficient (Wildman–Crippen LogP) is -0.134. The lowest BCUT2D eigenvalue weighted by atomic mass is 9.97. The minimum Gasteiger partial charge on any atom is -0.355 e. The van der Waals surface area contributed by atoms with Crippen LogP contribution < -0.4 is 10.6 Å². The maximum absolute atomic E-state index is 12.4. The largest absolute Gasteiger partial charge is 0.355 e. The van der Waals surface area contributed by atoms with Crippen molar-refractivity contribution >= 4 is 11.8 Å². The number of likely N-dealkylation sites (tertiary alicyclic amines) is 1. The lowest BCUT2D eigenvalue weighted by molar-refractivity contribution is -0.137. The van der Waals surface area contributed by atoms with Gasteiger partial charge in [0.2, 0.25) is 11.8 Å². The molecule has 3 atom stereocenters. The Balaban J connectivity index is 1.60. The van der Waals surface area contributed by atoms with Crippen molar-refractivity contribution in [2.45, 2.75) is 44.2 Å². The molecule has 0 aromatic carbocycles. The van der Waals surface area contributed by atoms with E-state index in [1.807, 2.05) is 4.90 Å². The van der Waals surface area contributed by atoms with Crippen molar-refractivity contribution in [1.82, 2.24) is 15.5 Å². The van der Waals surface area contributed by atoms with Crippen molar-refractivity contribution in [2.24, 2.45) is 5.92 Å². The number of carbonyl (C=O) groups excluding carboxylic acids is 2. The van der Waals surface area contributed by atoms with Gasteiger partial charge in [0.15, 0.2) is 0 Å². The first-order valence-corrected chi connectivity index (χ1v) is 7.04. The summed E-state index contributed by atoms with van der Waals surface area (Å²) in [7, 11) is 0. The Bertz CT molecular complexity index is 348. The molecule has 100 valence electrons. The molecule has 3 rings (SSSR count). The third-order valence-corrected chi connectivity index (χ3v) is 4.45. The normalized spacial score (nSPS) is 36.1. The van der Waals surface area contributed by atoms with Crippen molar-refractivity contribution in [2.75, 3.05) is 19.6 Å². The molecular formula is C13H21N3O2. The fraction of sp³-hybridized carbons (Fsp3) is 0.846. The van der Waals surface area contributed by atoms with Crippen molar-refractivity contribution in [1.29, 1.82) is 0 Å². The summed E-state index contributed by atoms with van der Waals surface area (Å²) in [6.45, 7) is 2.24. The van der Waals surface area contributed by atoms with Gasteiger partial charge in [-0.25, -0.2) is 0 Å². The highest BCUT2D eigenvalue weighted by molar-refractivity contribution is 5.83. The highest BCUT2D eigenvalue weighted by Gasteiger charge is 2.34. The van der Waals surface area contributed by atoms with Crippen LogP contribution >= 0.6 is 0 Å². The van der Waals surface area contributed by atoms with Crippen molar-refractivity contribution in [3.63, 3.8) is 0 Å². The summed E-state index contributed by atoms with van der Waals surface area (Å²) in [5, 5.41) is 6.38. The summed E-state index contributed by atoms with van der Waals surface area (Å²) < 4.78 is 0. The Kier molecular flexibility index (Phi) is 3.24. The zero-order valence-electron chi connectivity index (χ0n) is 10.7. The summed E-state index contributed by atoms with van der Waals surface area (Å²) in [5.41, 5.74) is 0. The maximum atomic E-state index is 12.4. The number of rotatable bonds is 1. The molecule has 5 heteroatoms. The van der Waals surface area contributed by atoms with E-state index in [4.69, 9.17) is 0 Å². The van der Waals surface area contributed by atoms with E-state index in [9.17, 15) is 9.59 Å². The van der Waals surface area contributed by atoms with Crippen LogP contribution in [-0.4, -0.2) is 48.4 Å². The third-order valence-electron chi connectivity index (χ3n) is 4.45. The molecular weight excluding hydrogens is 230 g/mol. The molecule has 0 spiro atoms. The standard InChI is InChI=1S/C13H21N3O2/c17-12-4-1-9(7-14-12)13(18)16-6-5-10-2-3-11(8-16)15-10/h9-11,15H,1-8H2,(H,14,17). The second-order valence-corrected chi connectivity index (χ2v) is 5.75. The molecule has 2 bridgehead atoms. The van der Waals surface area contributed by atoms with E-state index >= 15 is 0 Å². The van der Waals surface area contributed by atoms with Gasteiger partial charge in [0.1, 0.15) is 0 Å². The molecule has 0 aromatic rings. The van der Waals surface area contributed by atoms with E-state index in [1.165, 1.54) is 12.8 Å². The highest BCUT2D eigenvalue weighted by atomic mass is 16.2. The molecule has 3 saturated heterocycles. The monoisotopic (exact) mass is 251 g/mol. The molecule has 0 saturated carbocycles. The summed E-state index contributed by atoms with van der Waals surface area (Å²) in [4.78, 5) is 25.6. The summed E-state index contributed by atoms with van der Waals surface area (Å²) in [6.07, 6.45) is 4.72. The predicted molar refractivity (Wildman–Crippen MR) is 66.9 cm³/mol. The van der Waals surface area contributed by atoms with Crippen LogP contribution in [0, 0.1) is 5.92 Å². The fourth-order valence-corrected chi connectivity index (χ4v) is 3.34. The topological polar surface area (TPSA) is 61.4 Å². The van der Waals surface area contributed by atoms with Crippen LogP contribution in [0.25, 0.3) is 0 Å².